The summed E-state index contributed by atoms with van der Waals surface area (Å²) in [5.41, 5.74) is 1.17. The van der Waals surface area contributed by atoms with Gasteiger partial charge in [-0.05, 0) is 53.8 Å². The quantitative estimate of drug-likeness (QED) is 0.511. The minimum Gasteiger partial charge on any atom is -0.384 e. The highest BCUT2D eigenvalue weighted by atomic mass is 127. The zero-order valence-electron chi connectivity index (χ0n) is 7.60. The molecule has 0 unspecified atom stereocenters. The van der Waals surface area contributed by atoms with Crippen LogP contribution in [0.15, 0.2) is 24.3 Å². The number of halogens is 1. The third kappa shape index (κ3) is 4.18. The number of nitrogens with one attached hydrogen (secondary N) is 1. The lowest BCUT2D eigenvalue weighted by Crippen LogP contribution is -1.99. The molecule has 0 bridgehead atoms. The van der Waals surface area contributed by atoms with Gasteiger partial charge in [0, 0.05) is 22.2 Å². The Balaban J connectivity index is 2.36. The van der Waals surface area contributed by atoms with Gasteiger partial charge >= 0.3 is 0 Å². The smallest absolute Gasteiger partial charge is 0.0341 e. The fraction of sp³-hybridized carbons (Fsp3) is 0.273. The first kappa shape index (κ1) is 10.4. The highest BCUT2D eigenvalue weighted by molar-refractivity contribution is 14.1. The van der Waals surface area contributed by atoms with Crippen LogP contribution in [0.3, 0.4) is 0 Å². The van der Waals surface area contributed by atoms with Crippen molar-refractivity contribution in [2.75, 3.05) is 11.9 Å². The van der Waals surface area contributed by atoms with E-state index >= 15 is 0 Å². The highest BCUT2D eigenvalue weighted by Gasteiger charge is 1.89. The van der Waals surface area contributed by atoms with Crippen LogP contribution in [0, 0.1) is 15.4 Å². The molecule has 0 aliphatic heterocycles. The molecule has 0 aliphatic carbocycles. The van der Waals surface area contributed by atoms with Gasteiger partial charge in [0.1, 0.15) is 0 Å². The molecule has 0 radical (unpaired) electrons. The molecule has 0 heterocycles. The van der Waals surface area contributed by atoms with E-state index in [1.165, 1.54) is 9.26 Å². The van der Waals surface area contributed by atoms with E-state index in [0.717, 1.165) is 13.0 Å². The van der Waals surface area contributed by atoms with E-state index in [2.05, 4.69) is 64.0 Å². The predicted octanol–water partition coefficient (Wildman–Crippen LogP) is 3.12. The van der Waals surface area contributed by atoms with E-state index in [-0.39, 0.29) is 0 Å². The maximum absolute atomic E-state index is 3.30. The minimum atomic E-state index is 0.905. The van der Waals surface area contributed by atoms with E-state index < -0.39 is 0 Å². The van der Waals surface area contributed by atoms with Crippen LogP contribution in [0.5, 0.6) is 0 Å². The van der Waals surface area contributed by atoms with Crippen LogP contribution >= 0.6 is 22.6 Å². The van der Waals surface area contributed by atoms with E-state index in [1.807, 2.05) is 6.92 Å². The fourth-order valence-electron chi connectivity index (χ4n) is 0.962. The first-order chi connectivity index (χ1) is 6.33. The van der Waals surface area contributed by atoms with Crippen molar-refractivity contribution >= 4 is 28.3 Å². The number of hydrogen-bond donors (Lipinski definition) is 1. The SMILES string of the molecule is CC#CCCNc1ccc(I)cc1. The summed E-state index contributed by atoms with van der Waals surface area (Å²) in [7, 11) is 0. The molecule has 13 heavy (non-hydrogen) atoms. The normalized spacial score (nSPS) is 8.77. The molecule has 0 saturated heterocycles. The molecule has 0 aliphatic rings. The fourth-order valence-corrected chi connectivity index (χ4v) is 1.32. The summed E-state index contributed by atoms with van der Waals surface area (Å²) in [6, 6.07) is 8.35. The molecule has 1 aromatic carbocycles. The Labute approximate surface area is 93.1 Å². The van der Waals surface area contributed by atoms with Crippen molar-refractivity contribution < 1.29 is 0 Å². The summed E-state index contributed by atoms with van der Waals surface area (Å²) in [4.78, 5) is 0. The third-order valence-corrected chi connectivity index (χ3v) is 2.32. The number of rotatable bonds is 3. The second-order valence-corrected chi connectivity index (χ2v) is 3.86. The molecule has 0 aromatic heterocycles. The van der Waals surface area contributed by atoms with Gasteiger partial charge in [0.15, 0.2) is 0 Å². The number of hydrogen-bond acceptors (Lipinski definition) is 1. The van der Waals surface area contributed by atoms with Crippen LogP contribution in [0.2, 0.25) is 0 Å². The van der Waals surface area contributed by atoms with Crippen LogP contribution < -0.4 is 5.32 Å². The molecule has 2 heteroatoms. The highest BCUT2D eigenvalue weighted by Crippen LogP contribution is 2.10. The zero-order valence-corrected chi connectivity index (χ0v) is 9.76. The molecular formula is C11H12IN. The third-order valence-electron chi connectivity index (χ3n) is 1.60. The Morgan fingerprint density at radius 1 is 1.31 bits per heavy atom. The van der Waals surface area contributed by atoms with Gasteiger partial charge in [-0.2, -0.15) is 0 Å². The van der Waals surface area contributed by atoms with Crippen LogP contribution in [-0.2, 0) is 0 Å². The summed E-state index contributed by atoms with van der Waals surface area (Å²) in [6.07, 6.45) is 0.905. The van der Waals surface area contributed by atoms with Crippen LogP contribution in [0.1, 0.15) is 13.3 Å². The van der Waals surface area contributed by atoms with Crippen LogP contribution in [-0.4, -0.2) is 6.54 Å². The van der Waals surface area contributed by atoms with Crippen molar-refractivity contribution in [2.24, 2.45) is 0 Å². The first-order valence-electron chi connectivity index (χ1n) is 4.22. The largest absolute Gasteiger partial charge is 0.384 e. The van der Waals surface area contributed by atoms with Gasteiger partial charge in [0.2, 0.25) is 0 Å². The molecule has 0 atom stereocenters. The maximum Gasteiger partial charge on any atom is 0.0341 e. The summed E-state index contributed by atoms with van der Waals surface area (Å²) < 4.78 is 1.26. The molecule has 68 valence electrons. The van der Waals surface area contributed by atoms with Gasteiger partial charge in [-0.3, -0.25) is 0 Å². The zero-order chi connectivity index (χ0) is 9.52. The molecule has 0 amide bonds. The standard InChI is InChI=1S/C11H12IN/c1-2-3-4-9-13-11-7-5-10(12)6-8-11/h5-8,13H,4,9H2,1H3. The average Bonchev–Trinajstić information content (AvgIpc) is 2.15. The molecule has 0 saturated carbocycles. The summed E-state index contributed by atoms with van der Waals surface area (Å²) in [6.45, 7) is 2.78. The monoisotopic (exact) mass is 285 g/mol. The van der Waals surface area contributed by atoms with Gasteiger partial charge in [-0.25, -0.2) is 0 Å². The van der Waals surface area contributed by atoms with Crippen LogP contribution in [0.4, 0.5) is 5.69 Å². The van der Waals surface area contributed by atoms with Crippen molar-refractivity contribution in [2.45, 2.75) is 13.3 Å². The number of benzene rings is 1. The van der Waals surface area contributed by atoms with Gasteiger partial charge in [-0.15, -0.1) is 11.8 Å². The van der Waals surface area contributed by atoms with Crippen LogP contribution in [0.25, 0.3) is 0 Å². The summed E-state index contributed by atoms with van der Waals surface area (Å²) in [5.74, 6) is 5.89. The van der Waals surface area contributed by atoms with Gasteiger partial charge < -0.3 is 5.32 Å². The van der Waals surface area contributed by atoms with Crippen molar-refractivity contribution in [3.8, 4) is 11.8 Å². The number of anilines is 1. The van der Waals surface area contributed by atoms with Crippen molar-refractivity contribution in [3.63, 3.8) is 0 Å². The molecule has 1 N–H and O–H groups in total. The van der Waals surface area contributed by atoms with Crippen molar-refractivity contribution in [1.29, 1.82) is 0 Å². The molecular weight excluding hydrogens is 273 g/mol. The lowest BCUT2D eigenvalue weighted by atomic mass is 10.3. The molecule has 1 rings (SSSR count). The van der Waals surface area contributed by atoms with Gasteiger partial charge in [-0.1, -0.05) is 0 Å². The van der Waals surface area contributed by atoms with E-state index in [9.17, 15) is 0 Å². The maximum atomic E-state index is 3.30. The molecule has 1 nitrogen and oxygen atoms in total. The van der Waals surface area contributed by atoms with E-state index in [0.29, 0.717) is 0 Å². The van der Waals surface area contributed by atoms with Gasteiger partial charge in [0.05, 0.1) is 0 Å². The van der Waals surface area contributed by atoms with Crippen molar-refractivity contribution in [1.82, 2.24) is 0 Å². The Bertz CT molecular complexity index is 305. The topological polar surface area (TPSA) is 12.0 Å². The lowest BCUT2D eigenvalue weighted by Gasteiger charge is -2.02. The van der Waals surface area contributed by atoms with Crippen molar-refractivity contribution in [3.05, 3.63) is 27.8 Å². The average molecular weight is 285 g/mol. The predicted molar refractivity (Wildman–Crippen MR) is 65.7 cm³/mol. The molecule has 1 aromatic rings. The molecule has 0 fully saturated rings. The van der Waals surface area contributed by atoms with E-state index in [4.69, 9.17) is 0 Å². The summed E-state index contributed by atoms with van der Waals surface area (Å²) in [5, 5.41) is 3.30. The Morgan fingerprint density at radius 2 is 2.00 bits per heavy atom. The first-order valence-corrected chi connectivity index (χ1v) is 5.30. The Hall–Kier alpha value is -0.690. The second kappa shape index (κ2) is 5.87. The Kier molecular flexibility index (Phi) is 4.69. The van der Waals surface area contributed by atoms with E-state index in [1.54, 1.807) is 0 Å². The Morgan fingerprint density at radius 3 is 2.62 bits per heavy atom. The minimum absolute atomic E-state index is 0.905. The lowest BCUT2D eigenvalue weighted by molar-refractivity contribution is 1.10. The molecule has 0 spiro atoms. The second-order valence-electron chi connectivity index (χ2n) is 2.61. The summed E-state index contributed by atoms with van der Waals surface area (Å²) >= 11 is 2.30. The van der Waals surface area contributed by atoms with Gasteiger partial charge in [0.25, 0.3) is 0 Å².